The zero-order valence-corrected chi connectivity index (χ0v) is 8.46. The van der Waals surface area contributed by atoms with Gasteiger partial charge in [-0.25, -0.2) is 4.98 Å². The summed E-state index contributed by atoms with van der Waals surface area (Å²) in [6.45, 7) is 0. The van der Waals surface area contributed by atoms with E-state index in [4.69, 9.17) is 0 Å². The molecule has 0 saturated heterocycles. The molecule has 0 spiro atoms. The van der Waals surface area contributed by atoms with Crippen LogP contribution in [-0.2, 0) is 6.42 Å². The highest BCUT2D eigenvalue weighted by Crippen LogP contribution is 2.26. The first kappa shape index (κ1) is 9.16. The summed E-state index contributed by atoms with van der Waals surface area (Å²) in [7, 11) is 0. The molecule has 1 aliphatic carbocycles. The van der Waals surface area contributed by atoms with E-state index in [1.165, 1.54) is 18.5 Å². The van der Waals surface area contributed by atoms with Crippen molar-refractivity contribution in [1.82, 2.24) is 4.98 Å². The van der Waals surface area contributed by atoms with Crippen LogP contribution in [0.15, 0.2) is 10.9 Å². The lowest BCUT2D eigenvalue weighted by Gasteiger charge is -2.24. The summed E-state index contributed by atoms with van der Waals surface area (Å²) in [5.41, 5.74) is 3.12. The third-order valence-electron chi connectivity index (χ3n) is 2.80. The Kier molecular flexibility index (Phi) is 2.96. The lowest BCUT2D eigenvalue weighted by atomic mass is 9.85. The molecular formula is C10H15NOS. The molecule has 1 saturated carbocycles. The Morgan fingerprint density at radius 2 is 2.15 bits per heavy atom. The molecule has 72 valence electrons. The van der Waals surface area contributed by atoms with Gasteiger partial charge in [0.1, 0.15) is 0 Å². The van der Waals surface area contributed by atoms with Gasteiger partial charge in [-0.15, -0.1) is 11.3 Å². The Labute approximate surface area is 82.6 Å². The maximum atomic E-state index is 9.34. The smallest absolute Gasteiger partial charge is 0.0794 e. The normalized spacial score (nSPS) is 29.0. The van der Waals surface area contributed by atoms with Crippen LogP contribution in [0.5, 0.6) is 0 Å². The summed E-state index contributed by atoms with van der Waals surface area (Å²) in [4.78, 5) is 4.29. The van der Waals surface area contributed by atoms with E-state index in [1.54, 1.807) is 11.3 Å². The third kappa shape index (κ3) is 2.51. The first-order chi connectivity index (χ1) is 6.34. The largest absolute Gasteiger partial charge is 0.393 e. The number of aromatic nitrogens is 1. The van der Waals surface area contributed by atoms with Crippen molar-refractivity contribution < 1.29 is 5.11 Å². The summed E-state index contributed by atoms with van der Waals surface area (Å²) in [6, 6.07) is 0. The molecule has 0 bridgehead atoms. The van der Waals surface area contributed by atoms with Crippen LogP contribution in [0.25, 0.3) is 0 Å². The molecule has 3 heteroatoms. The van der Waals surface area contributed by atoms with Crippen molar-refractivity contribution in [3.63, 3.8) is 0 Å². The summed E-state index contributed by atoms with van der Waals surface area (Å²) in [5.74, 6) is 0.755. The molecule has 13 heavy (non-hydrogen) atoms. The molecule has 0 atom stereocenters. The zero-order chi connectivity index (χ0) is 9.10. The van der Waals surface area contributed by atoms with Crippen molar-refractivity contribution >= 4 is 11.3 Å². The fourth-order valence-corrected chi connectivity index (χ4v) is 2.55. The number of nitrogens with zero attached hydrogens (tertiary/aromatic N) is 1. The van der Waals surface area contributed by atoms with Crippen LogP contribution in [0.3, 0.4) is 0 Å². The number of rotatable bonds is 2. The maximum absolute atomic E-state index is 9.34. The van der Waals surface area contributed by atoms with Crippen LogP contribution in [0, 0.1) is 5.92 Å². The summed E-state index contributed by atoms with van der Waals surface area (Å²) >= 11 is 1.67. The van der Waals surface area contributed by atoms with Gasteiger partial charge in [0.2, 0.25) is 0 Å². The molecule has 1 N–H and O–H groups in total. The van der Waals surface area contributed by atoms with Gasteiger partial charge in [0, 0.05) is 5.38 Å². The van der Waals surface area contributed by atoms with Crippen LogP contribution in [0.1, 0.15) is 31.4 Å². The van der Waals surface area contributed by atoms with Crippen molar-refractivity contribution in [3.8, 4) is 0 Å². The second kappa shape index (κ2) is 4.20. The number of thiazole rings is 1. The van der Waals surface area contributed by atoms with E-state index in [1.807, 2.05) is 5.51 Å². The number of aliphatic hydroxyl groups is 1. The lowest BCUT2D eigenvalue weighted by Crippen LogP contribution is -2.19. The highest BCUT2D eigenvalue weighted by atomic mass is 32.1. The van der Waals surface area contributed by atoms with E-state index in [-0.39, 0.29) is 6.10 Å². The van der Waals surface area contributed by atoms with Gasteiger partial charge in [-0.2, -0.15) is 0 Å². The van der Waals surface area contributed by atoms with Crippen LogP contribution >= 0.6 is 11.3 Å². The maximum Gasteiger partial charge on any atom is 0.0794 e. The van der Waals surface area contributed by atoms with E-state index in [2.05, 4.69) is 10.4 Å². The second-order valence-corrected chi connectivity index (χ2v) is 4.58. The molecule has 0 amide bonds. The molecule has 1 aromatic heterocycles. The zero-order valence-electron chi connectivity index (χ0n) is 7.65. The van der Waals surface area contributed by atoms with Gasteiger partial charge in [0.15, 0.2) is 0 Å². The van der Waals surface area contributed by atoms with Crippen molar-refractivity contribution in [1.29, 1.82) is 0 Å². The molecule has 2 nitrogen and oxygen atoms in total. The first-order valence-electron chi connectivity index (χ1n) is 4.89. The van der Waals surface area contributed by atoms with Crippen LogP contribution in [0.4, 0.5) is 0 Å². The van der Waals surface area contributed by atoms with Crippen molar-refractivity contribution in [3.05, 3.63) is 16.6 Å². The monoisotopic (exact) mass is 197 g/mol. The van der Waals surface area contributed by atoms with Gasteiger partial charge in [-0.3, -0.25) is 0 Å². The number of hydrogen-bond acceptors (Lipinski definition) is 3. The Balaban J connectivity index is 1.83. The predicted molar refractivity (Wildman–Crippen MR) is 53.8 cm³/mol. The summed E-state index contributed by atoms with van der Waals surface area (Å²) in [6.07, 6.45) is 5.36. The number of aliphatic hydroxyl groups excluding tert-OH is 1. The average molecular weight is 197 g/mol. The molecule has 1 heterocycles. The Morgan fingerprint density at radius 1 is 1.38 bits per heavy atom. The minimum absolute atomic E-state index is 0.0355. The van der Waals surface area contributed by atoms with E-state index >= 15 is 0 Å². The van der Waals surface area contributed by atoms with Gasteiger partial charge in [0.05, 0.1) is 17.3 Å². The average Bonchev–Trinajstić information content (AvgIpc) is 2.62. The minimum Gasteiger partial charge on any atom is -0.393 e. The van der Waals surface area contributed by atoms with Crippen molar-refractivity contribution in [2.75, 3.05) is 0 Å². The molecule has 0 unspecified atom stereocenters. The van der Waals surface area contributed by atoms with Crippen LogP contribution in [-0.4, -0.2) is 16.2 Å². The van der Waals surface area contributed by atoms with Crippen LogP contribution < -0.4 is 0 Å². The Morgan fingerprint density at radius 3 is 2.77 bits per heavy atom. The molecule has 2 rings (SSSR count). The highest BCUT2D eigenvalue weighted by Gasteiger charge is 2.19. The second-order valence-electron chi connectivity index (χ2n) is 3.86. The standard InChI is InChI=1S/C10H15NOS/c12-10-3-1-8(2-4-10)5-9-6-13-7-11-9/h6-8,10,12H,1-5H2. The molecule has 1 aromatic rings. The van der Waals surface area contributed by atoms with E-state index in [0.717, 1.165) is 25.2 Å². The molecule has 1 aliphatic rings. The van der Waals surface area contributed by atoms with Gasteiger partial charge in [0.25, 0.3) is 0 Å². The summed E-state index contributed by atoms with van der Waals surface area (Å²) in [5, 5.41) is 11.5. The van der Waals surface area contributed by atoms with Gasteiger partial charge < -0.3 is 5.11 Å². The number of hydrogen-bond donors (Lipinski definition) is 1. The molecule has 0 aliphatic heterocycles. The molecular weight excluding hydrogens is 182 g/mol. The van der Waals surface area contributed by atoms with E-state index < -0.39 is 0 Å². The van der Waals surface area contributed by atoms with Crippen molar-refractivity contribution in [2.24, 2.45) is 5.92 Å². The van der Waals surface area contributed by atoms with E-state index in [9.17, 15) is 5.11 Å². The SMILES string of the molecule is OC1CCC(Cc2cscn2)CC1. The molecule has 0 aromatic carbocycles. The van der Waals surface area contributed by atoms with Gasteiger partial charge in [-0.1, -0.05) is 0 Å². The topological polar surface area (TPSA) is 33.1 Å². The minimum atomic E-state index is -0.0355. The molecule has 0 radical (unpaired) electrons. The van der Waals surface area contributed by atoms with E-state index in [0.29, 0.717) is 0 Å². The van der Waals surface area contributed by atoms with Crippen LogP contribution in [0.2, 0.25) is 0 Å². The fourth-order valence-electron chi connectivity index (χ4n) is 1.98. The highest BCUT2D eigenvalue weighted by molar-refractivity contribution is 7.07. The first-order valence-corrected chi connectivity index (χ1v) is 5.84. The Bertz CT molecular complexity index is 239. The lowest BCUT2D eigenvalue weighted by molar-refractivity contribution is 0.108. The quantitative estimate of drug-likeness (QED) is 0.788. The predicted octanol–water partition coefficient (Wildman–Crippen LogP) is 2.24. The van der Waals surface area contributed by atoms with Crippen molar-refractivity contribution in [2.45, 2.75) is 38.2 Å². The van der Waals surface area contributed by atoms with Gasteiger partial charge >= 0.3 is 0 Å². The fraction of sp³-hybridized carbons (Fsp3) is 0.700. The molecule has 1 fully saturated rings. The van der Waals surface area contributed by atoms with Gasteiger partial charge in [-0.05, 0) is 38.0 Å². The summed E-state index contributed by atoms with van der Waals surface area (Å²) < 4.78 is 0. The Hall–Kier alpha value is -0.410. The third-order valence-corrected chi connectivity index (χ3v) is 3.43.